The summed E-state index contributed by atoms with van der Waals surface area (Å²) in [5.41, 5.74) is -0.0117. The molecule has 0 unspecified atom stereocenters. The van der Waals surface area contributed by atoms with Gasteiger partial charge in [0, 0.05) is 20.2 Å². The number of amides is 1. The monoisotopic (exact) mass is 253 g/mol. The van der Waals surface area contributed by atoms with E-state index < -0.39 is 5.97 Å². The molecule has 0 spiro atoms. The molecule has 6 nitrogen and oxygen atoms in total. The van der Waals surface area contributed by atoms with E-state index in [0.29, 0.717) is 5.75 Å². The third kappa shape index (κ3) is 3.38. The topological polar surface area (TPSA) is 76.1 Å². The second-order valence-corrected chi connectivity index (χ2v) is 3.74. The quantitative estimate of drug-likeness (QED) is 0.842. The van der Waals surface area contributed by atoms with E-state index in [4.69, 9.17) is 14.6 Å². The predicted molar refractivity (Wildman–Crippen MR) is 64.1 cm³/mol. The lowest BCUT2D eigenvalue weighted by atomic mass is 10.2. The smallest absolute Gasteiger partial charge is 0.339 e. The molecule has 1 aromatic carbocycles. The number of carboxylic acids is 1. The molecule has 0 heterocycles. The second kappa shape index (κ2) is 5.90. The van der Waals surface area contributed by atoms with Crippen LogP contribution in [0.15, 0.2) is 18.2 Å². The van der Waals surface area contributed by atoms with Gasteiger partial charge < -0.3 is 19.5 Å². The summed E-state index contributed by atoms with van der Waals surface area (Å²) in [6, 6.07) is 4.33. The minimum atomic E-state index is -1.12. The van der Waals surface area contributed by atoms with E-state index in [2.05, 4.69) is 0 Å². The zero-order valence-corrected chi connectivity index (χ0v) is 10.5. The number of hydrogen-bond donors (Lipinski definition) is 1. The summed E-state index contributed by atoms with van der Waals surface area (Å²) in [6.07, 6.45) is 0. The lowest BCUT2D eigenvalue weighted by molar-refractivity contribution is -0.130. The molecule has 0 aliphatic heterocycles. The average molecular weight is 253 g/mol. The Hall–Kier alpha value is -2.24. The van der Waals surface area contributed by atoms with E-state index in [1.165, 1.54) is 30.2 Å². The normalized spacial score (nSPS) is 9.72. The fraction of sp³-hybridized carbons (Fsp3) is 0.333. The Balaban J connectivity index is 2.91. The summed E-state index contributed by atoms with van der Waals surface area (Å²) in [7, 11) is 4.65. The standard InChI is InChI=1S/C12H15NO5/c1-13(2)11(14)7-18-10-6-8(17-3)4-5-9(10)12(15)16/h4-6H,7H2,1-3H3,(H,15,16). The van der Waals surface area contributed by atoms with Gasteiger partial charge in [-0.15, -0.1) is 0 Å². The van der Waals surface area contributed by atoms with Crippen molar-refractivity contribution in [3.8, 4) is 11.5 Å². The summed E-state index contributed by atoms with van der Waals surface area (Å²) in [5.74, 6) is -0.802. The number of aromatic carboxylic acids is 1. The van der Waals surface area contributed by atoms with Crippen molar-refractivity contribution in [2.45, 2.75) is 0 Å². The van der Waals surface area contributed by atoms with Crippen molar-refractivity contribution in [2.24, 2.45) is 0 Å². The highest BCUT2D eigenvalue weighted by Gasteiger charge is 2.14. The van der Waals surface area contributed by atoms with Gasteiger partial charge in [-0.2, -0.15) is 0 Å². The number of carboxylic acid groups (broad SMARTS) is 1. The number of carbonyl (C=O) groups excluding carboxylic acids is 1. The number of rotatable bonds is 5. The molecule has 0 bridgehead atoms. The molecular weight excluding hydrogens is 238 g/mol. The third-order valence-electron chi connectivity index (χ3n) is 2.27. The van der Waals surface area contributed by atoms with Gasteiger partial charge >= 0.3 is 5.97 Å². The van der Waals surface area contributed by atoms with Crippen LogP contribution in [-0.4, -0.2) is 49.7 Å². The van der Waals surface area contributed by atoms with Gasteiger partial charge in [-0.05, 0) is 12.1 Å². The molecule has 0 atom stereocenters. The molecule has 1 N–H and O–H groups in total. The second-order valence-electron chi connectivity index (χ2n) is 3.74. The zero-order valence-electron chi connectivity index (χ0n) is 10.5. The average Bonchev–Trinajstić information content (AvgIpc) is 2.34. The summed E-state index contributed by atoms with van der Waals surface area (Å²) in [4.78, 5) is 23.7. The van der Waals surface area contributed by atoms with E-state index >= 15 is 0 Å². The van der Waals surface area contributed by atoms with Crippen molar-refractivity contribution >= 4 is 11.9 Å². The summed E-state index contributed by atoms with van der Waals surface area (Å²) >= 11 is 0. The van der Waals surface area contributed by atoms with Crippen LogP contribution in [0, 0.1) is 0 Å². The lowest BCUT2D eigenvalue weighted by Gasteiger charge is -2.13. The molecule has 18 heavy (non-hydrogen) atoms. The van der Waals surface area contributed by atoms with Crippen molar-refractivity contribution in [3.05, 3.63) is 23.8 Å². The predicted octanol–water partition coefficient (Wildman–Crippen LogP) is 0.860. The molecule has 6 heteroatoms. The Morgan fingerprint density at radius 3 is 2.50 bits per heavy atom. The molecule has 1 aromatic rings. The first-order valence-electron chi connectivity index (χ1n) is 5.20. The SMILES string of the molecule is COc1ccc(C(=O)O)c(OCC(=O)N(C)C)c1. The van der Waals surface area contributed by atoms with Crippen LogP contribution in [0.25, 0.3) is 0 Å². The first-order valence-corrected chi connectivity index (χ1v) is 5.20. The first kappa shape index (κ1) is 13.8. The molecule has 1 amide bonds. The first-order chi connectivity index (χ1) is 8.45. The Morgan fingerprint density at radius 1 is 1.33 bits per heavy atom. The fourth-order valence-corrected chi connectivity index (χ4v) is 1.19. The minimum Gasteiger partial charge on any atom is -0.497 e. The van der Waals surface area contributed by atoms with Crippen molar-refractivity contribution in [1.29, 1.82) is 0 Å². The highest BCUT2D eigenvalue weighted by molar-refractivity contribution is 5.91. The summed E-state index contributed by atoms with van der Waals surface area (Å²) in [6.45, 7) is -0.222. The molecule has 0 aliphatic carbocycles. The van der Waals surface area contributed by atoms with Gasteiger partial charge in [0.1, 0.15) is 17.1 Å². The number of hydrogen-bond acceptors (Lipinski definition) is 4. The summed E-state index contributed by atoms with van der Waals surface area (Å²) in [5, 5.41) is 8.99. The van der Waals surface area contributed by atoms with E-state index in [9.17, 15) is 9.59 Å². The number of nitrogens with zero attached hydrogens (tertiary/aromatic N) is 1. The van der Waals surface area contributed by atoms with E-state index in [1.807, 2.05) is 0 Å². The molecule has 98 valence electrons. The number of carbonyl (C=O) groups is 2. The molecular formula is C12H15NO5. The van der Waals surface area contributed by atoms with Crippen LogP contribution < -0.4 is 9.47 Å². The molecule has 0 fully saturated rings. The lowest BCUT2D eigenvalue weighted by Crippen LogP contribution is -2.27. The molecule has 0 aromatic heterocycles. The number of likely N-dealkylation sites (N-methyl/N-ethyl adjacent to an activating group) is 1. The molecule has 1 rings (SSSR count). The van der Waals surface area contributed by atoms with Gasteiger partial charge in [-0.3, -0.25) is 4.79 Å². The number of ether oxygens (including phenoxy) is 2. The van der Waals surface area contributed by atoms with Gasteiger partial charge in [-0.25, -0.2) is 4.79 Å². The van der Waals surface area contributed by atoms with Crippen LogP contribution >= 0.6 is 0 Å². The van der Waals surface area contributed by atoms with Gasteiger partial charge in [-0.1, -0.05) is 0 Å². The van der Waals surface area contributed by atoms with Gasteiger partial charge in [0.25, 0.3) is 5.91 Å². The van der Waals surface area contributed by atoms with E-state index in [1.54, 1.807) is 14.1 Å². The zero-order chi connectivity index (χ0) is 13.7. The fourth-order valence-electron chi connectivity index (χ4n) is 1.19. The van der Waals surface area contributed by atoms with Gasteiger partial charge in [0.05, 0.1) is 7.11 Å². The maximum absolute atomic E-state index is 11.4. The van der Waals surface area contributed by atoms with E-state index in [0.717, 1.165) is 0 Å². The van der Waals surface area contributed by atoms with Gasteiger partial charge in [0.15, 0.2) is 6.61 Å². The Morgan fingerprint density at radius 2 is 2.00 bits per heavy atom. The van der Waals surface area contributed by atoms with E-state index in [-0.39, 0.29) is 23.8 Å². The van der Waals surface area contributed by atoms with Gasteiger partial charge in [0.2, 0.25) is 0 Å². The Kier molecular flexibility index (Phi) is 4.53. The van der Waals surface area contributed by atoms with Crippen LogP contribution in [0.1, 0.15) is 10.4 Å². The van der Waals surface area contributed by atoms with Crippen molar-refractivity contribution in [3.63, 3.8) is 0 Å². The van der Waals surface area contributed by atoms with Crippen LogP contribution in [0.3, 0.4) is 0 Å². The largest absolute Gasteiger partial charge is 0.497 e. The Labute approximate surface area is 105 Å². The molecule has 0 saturated carbocycles. The maximum atomic E-state index is 11.4. The molecule has 0 radical (unpaired) electrons. The maximum Gasteiger partial charge on any atom is 0.339 e. The highest BCUT2D eigenvalue weighted by Crippen LogP contribution is 2.24. The summed E-state index contributed by atoms with van der Waals surface area (Å²) < 4.78 is 10.2. The van der Waals surface area contributed by atoms with Crippen LogP contribution in [-0.2, 0) is 4.79 Å². The highest BCUT2D eigenvalue weighted by atomic mass is 16.5. The van der Waals surface area contributed by atoms with Crippen molar-refractivity contribution < 1.29 is 24.2 Å². The van der Waals surface area contributed by atoms with Crippen LogP contribution in [0.2, 0.25) is 0 Å². The van der Waals surface area contributed by atoms with Crippen molar-refractivity contribution in [1.82, 2.24) is 4.90 Å². The molecule has 0 saturated heterocycles. The number of methoxy groups -OCH3 is 1. The minimum absolute atomic E-state index is 0.0117. The molecule has 0 aliphatic rings. The third-order valence-corrected chi connectivity index (χ3v) is 2.27. The number of benzene rings is 1. The van der Waals surface area contributed by atoms with Crippen molar-refractivity contribution in [2.75, 3.05) is 27.8 Å². The van der Waals surface area contributed by atoms with Crippen LogP contribution in [0.4, 0.5) is 0 Å². The van der Waals surface area contributed by atoms with Crippen LogP contribution in [0.5, 0.6) is 11.5 Å². The Bertz CT molecular complexity index is 456.